The summed E-state index contributed by atoms with van der Waals surface area (Å²) in [6.45, 7) is 11.0. The summed E-state index contributed by atoms with van der Waals surface area (Å²) < 4.78 is 1.91. The third-order valence-corrected chi connectivity index (χ3v) is 2.81. The molecule has 0 aliphatic rings. The second kappa shape index (κ2) is 7.12. The molecule has 1 aromatic heterocycles. The van der Waals surface area contributed by atoms with E-state index in [1.54, 1.807) is 0 Å². The minimum absolute atomic E-state index is 0. The van der Waals surface area contributed by atoms with Gasteiger partial charge in [0, 0.05) is 24.8 Å². The topological polar surface area (TPSA) is 68.2 Å². The molecule has 1 heterocycles. The number of aliphatic imine (C=N–C) groups is 1. The lowest BCUT2D eigenvalue weighted by atomic mass is 10.1. The van der Waals surface area contributed by atoms with Crippen LogP contribution in [0.4, 0.5) is 0 Å². The Hall–Kier alpha value is -0.790. The molecule has 0 radical (unpaired) electrons. The summed E-state index contributed by atoms with van der Waals surface area (Å²) in [5.74, 6) is 0.502. The molecule has 0 aliphatic heterocycles. The minimum atomic E-state index is -0.0479. The third kappa shape index (κ3) is 5.80. The first-order valence-electron chi connectivity index (χ1n) is 6.28. The van der Waals surface area contributed by atoms with Gasteiger partial charge in [0.05, 0.1) is 5.69 Å². The predicted octanol–water partition coefficient (Wildman–Crippen LogP) is 1.90. The number of aryl methyl sites for hydroxylation is 2. The lowest BCUT2D eigenvalue weighted by Gasteiger charge is -2.20. The van der Waals surface area contributed by atoms with Gasteiger partial charge >= 0.3 is 0 Å². The van der Waals surface area contributed by atoms with Gasteiger partial charge in [-0.15, -0.1) is 24.0 Å². The van der Waals surface area contributed by atoms with Gasteiger partial charge in [-0.2, -0.15) is 5.10 Å². The van der Waals surface area contributed by atoms with Crippen LogP contribution in [0, 0.1) is 13.8 Å². The number of rotatable bonds is 3. The van der Waals surface area contributed by atoms with Crippen molar-refractivity contribution in [2.45, 2.75) is 46.6 Å². The van der Waals surface area contributed by atoms with Crippen LogP contribution in [0.1, 0.15) is 37.7 Å². The lowest BCUT2D eigenvalue weighted by molar-refractivity contribution is 0.508. The summed E-state index contributed by atoms with van der Waals surface area (Å²) in [7, 11) is 1.96. The normalized spacial score (nSPS) is 12.2. The summed E-state index contributed by atoms with van der Waals surface area (Å²) >= 11 is 0. The Kier molecular flexibility index (Phi) is 6.82. The van der Waals surface area contributed by atoms with E-state index in [2.05, 4.69) is 43.1 Å². The van der Waals surface area contributed by atoms with E-state index < -0.39 is 0 Å². The highest BCUT2D eigenvalue weighted by Gasteiger charge is 2.11. The summed E-state index contributed by atoms with van der Waals surface area (Å²) in [6.07, 6.45) is 0.873. The Morgan fingerprint density at radius 3 is 2.37 bits per heavy atom. The number of halogens is 1. The number of nitrogens with zero attached hydrogens (tertiary/aromatic N) is 3. The summed E-state index contributed by atoms with van der Waals surface area (Å²) in [5.41, 5.74) is 9.32. The number of guanidine groups is 1. The molecule has 0 aromatic carbocycles. The largest absolute Gasteiger partial charge is 0.370 e. The van der Waals surface area contributed by atoms with E-state index >= 15 is 0 Å². The van der Waals surface area contributed by atoms with Crippen molar-refractivity contribution < 1.29 is 0 Å². The number of aromatic nitrogens is 2. The van der Waals surface area contributed by atoms with Gasteiger partial charge in [-0.25, -0.2) is 0 Å². The molecular weight excluding hydrogens is 353 g/mol. The first-order chi connectivity index (χ1) is 8.20. The van der Waals surface area contributed by atoms with Crippen molar-refractivity contribution in [3.63, 3.8) is 0 Å². The molecule has 0 unspecified atom stereocenters. The molecule has 0 amide bonds. The lowest BCUT2D eigenvalue weighted by Crippen LogP contribution is -2.45. The highest BCUT2D eigenvalue weighted by Crippen LogP contribution is 2.12. The number of hydrogen-bond donors (Lipinski definition) is 2. The first kappa shape index (κ1) is 18.2. The molecule has 3 N–H and O–H groups in total. The van der Waals surface area contributed by atoms with Crippen LogP contribution in [0.5, 0.6) is 0 Å². The maximum Gasteiger partial charge on any atom is 0.188 e. The zero-order valence-corrected chi connectivity index (χ0v) is 15.1. The van der Waals surface area contributed by atoms with Crippen LogP contribution in [-0.4, -0.2) is 27.8 Å². The van der Waals surface area contributed by atoms with E-state index in [1.165, 1.54) is 11.3 Å². The van der Waals surface area contributed by atoms with Crippen molar-refractivity contribution in [1.29, 1.82) is 0 Å². The maximum absolute atomic E-state index is 5.82. The minimum Gasteiger partial charge on any atom is -0.370 e. The first-order valence-corrected chi connectivity index (χ1v) is 6.28. The average Bonchev–Trinajstić information content (AvgIpc) is 2.41. The molecule has 1 rings (SSSR count). The number of nitrogens with one attached hydrogen (secondary N) is 1. The van der Waals surface area contributed by atoms with Gasteiger partial charge in [-0.05, 0) is 46.6 Å². The van der Waals surface area contributed by atoms with E-state index in [1.807, 2.05) is 18.7 Å². The molecule has 0 aliphatic carbocycles. The molecule has 5 nitrogen and oxygen atoms in total. The number of nitrogens with two attached hydrogens (primary N) is 1. The van der Waals surface area contributed by atoms with E-state index in [4.69, 9.17) is 5.73 Å². The van der Waals surface area contributed by atoms with Crippen LogP contribution in [0.3, 0.4) is 0 Å². The van der Waals surface area contributed by atoms with Gasteiger partial charge in [-0.1, -0.05) is 0 Å². The van der Waals surface area contributed by atoms with Crippen molar-refractivity contribution >= 4 is 29.9 Å². The van der Waals surface area contributed by atoms with Gasteiger partial charge in [-0.3, -0.25) is 9.67 Å². The molecule has 0 bridgehead atoms. The predicted molar refractivity (Wildman–Crippen MR) is 91.2 cm³/mol. The molecule has 19 heavy (non-hydrogen) atoms. The van der Waals surface area contributed by atoms with Crippen LogP contribution in [-0.2, 0) is 13.5 Å². The highest BCUT2D eigenvalue weighted by molar-refractivity contribution is 14.0. The maximum atomic E-state index is 5.82. The summed E-state index contributed by atoms with van der Waals surface area (Å²) in [5, 5.41) is 7.54. The quantitative estimate of drug-likeness (QED) is 0.479. The molecule has 0 atom stereocenters. The molecule has 0 saturated carbocycles. The Bertz CT molecular complexity index is 443. The molecule has 0 spiro atoms. The van der Waals surface area contributed by atoms with Crippen molar-refractivity contribution in [3.8, 4) is 0 Å². The van der Waals surface area contributed by atoms with Gasteiger partial charge in [0.2, 0.25) is 0 Å². The average molecular weight is 379 g/mol. The van der Waals surface area contributed by atoms with Crippen LogP contribution < -0.4 is 11.1 Å². The Morgan fingerprint density at radius 1 is 1.37 bits per heavy atom. The van der Waals surface area contributed by atoms with E-state index in [0.29, 0.717) is 12.5 Å². The monoisotopic (exact) mass is 379 g/mol. The number of hydrogen-bond acceptors (Lipinski definition) is 2. The summed E-state index contributed by atoms with van der Waals surface area (Å²) in [4.78, 5) is 4.34. The Balaban J connectivity index is 0.00000324. The second-order valence-corrected chi connectivity index (χ2v) is 5.66. The highest BCUT2D eigenvalue weighted by atomic mass is 127. The fraction of sp³-hybridized carbons (Fsp3) is 0.692. The molecule has 1 aromatic rings. The van der Waals surface area contributed by atoms with Crippen LogP contribution in [0.15, 0.2) is 4.99 Å². The zero-order chi connectivity index (χ0) is 13.9. The van der Waals surface area contributed by atoms with Crippen LogP contribution >= 0.6 is 24.0 Å². The fourth-order valence-electron chi connectivity index (χ4n) is 1.89. The Morgan fingerprint density at radius 2 is 1.95 bits per heavy atom. The SMILES string of the molecule is Cc1nn(C)c(C)c1CCN=C(N)NC(C)(C)C.I. The van der Waals surface area contributed by atoms with E-state index in [9.17, 15) is 0 Å². The van der Waals surface area contributed by atoms with Gasteiger partial charge in [0.1, 0.15) is 0 Å². The van der Waals surface area contributed by atoms with Crippen molar-refractivity contribution in [1.82, 2.24) is 15.1 Å². The van der Waals surface area contributed by atoms with Gasteiger partial charge in [0.15, 0.2) is 5.96 Å². The molecular formula is C13H26IN5. The van der Waals surface area contributed by atoms with Gasteiger partial charge in [0.25, 0.3) is 0 Å². The smallest absolute Gasteiger partial charge is 0.188 e. The second-order valence-electron chi connectivity index (χ2n) is 5.66. The fourth-order valence-corrected chi connectivity index (χ4v) is 1.89. The van der Waals surface area contributed by atoms with Crippen LogP contribution in [0.25, 0.3) is 0 Å². The third-order valence-electron chi connectivity index (χ3n) is 2.81. The van der Waals surface area contributed by atoms with Gasteiger partial charge < -0.3 is 11.1 Å². The molecule has 110 valence electrons. The summed E-state index contributed by atoms with van der Waals surface area (Å²) in [6, 6.07) is 0. The zero-order valence-electron chi connectivity index (χ0n) is 12.7. The van der Waals surface area contributed by atoms with Crippen LogP contribution in [0.2, 0.25) is 0 Å². The standard InChI is InChI=1S/C13H25N5.HI/c1-9-11(10(2)18(6)17-9)7-8-15-12(14)16-13(3,4)5;/h7-8H2,1-6H3,(H3,14,15,16);1H. The Labute approximate surface area is 133 Å². The van der Waals surface area contributed by atoms with Crippen molar-refractivity contribution in [2.24, 2.45) is 17.8 Å². The molecule has 0 fully saturated rings. The molecule has 6 heteroatoms. The van der Waals surface area contributed by atoms with E-state index in [0.717, 1.165) is 12.1 Å². The van der Waals surface area contributed by atoms with Crippen molar-refractivity contribution in [3.05, 3.63) is 17.0 Å². The van der Waals surface area contributed by atoms with E-state index in [-0.39, 0.29) is 29.5 Å². The molecule has 0 saturated heterocycles. The van der Waals surface area contributed by atoms with Crippen molar-refractivity contribution in [2.75, 3.05) is 6.54 Å².